The molecule has 8 rings (SSSR count). The van der Waals surface area contributed by atoms with E-state index in [9.17, 15) is 0 Å². The van der Waals surface area contributed by atoms with Crippen LogP contribution in [0.1, 0.15) is 169 Å². The van der Waals surface area contributed by atoms with Crippen molar-refractivity contribution in [1.29, 1.82) is 0 Å². The van der Waals surface area contributed by atoms with Crippen molar-refractivity contribution in [2.75, 3.05) is 0 Å². The molecule has 0 aliphatic heterocycles. The molecule has 2 radical (unpaired) electrons. The average Bonchev–Trinajstić information content (AvgIpc) is 3.83. The monoisotopic (exact) mass is 1120 g/mol. The quantitative estimate of drug-likeness (QED) is 0.122. The van der Waals surface area contributed by atoms with Crippen molar-refractivity contribution in [2.45, 2.75) is 171 Å². The molecule has 8 aromatic rings. The van der Waals surface area contributed by atoms with Gasteiger partial charge in [0.1, 0.15) is 0 Å². The van der Waals surface area contributed by atoms with Gasteiger partial charge in [-0.25, -0.2) is 0 Å². The third-order valence-corrected chi connectivity index (χ3v) is 14.5. The van der Waals surface area contributed by atoms with E-state index in [0.717, 1.165) is 0 Å². The van der Waals surface area contributed by atoms with E-state index in [1.54, 1.807) is 0 Å². The van der Waals surface area contributed by atoms with Crippen LogP contribution in [0.15, 0.2) is 133 Å². The van der Waals surface area contributed by atoms with E-state index in [1.807, 2.05) is 0 Å². The van der Waals surface area contributed by atoms with Gasteiger partial charge in [-0.05, 0) is 65.9 Å². The fourth-order valence-corrected chi connectivity index (χ4v) is 10.3. The zero-order chi connectivity index (χ0) is 52.1. The van der Waals surface area contributed by atoms with Gasteiger partial charge >= 0.3 is 30.2 Å². The molecule has 74 heavy (non-hydrogen) atoms. The second-order valence-corrected chi connectivity index (χ2v) is 26.1. The van der Waals surface area contributed by atoms with E-state index >= 15 is 0 Å². The number of benzene rings is 6. The first-order chi connectivity index (χ1) is 32.4. The van der Waals surface area contributed by atoms with E-state index in [0.29, 0.717) is 0 Å². The maximum atomic E-state index is 3.06. The van der Waals surface area contributed by atoms with Crippen LogP contribution in [0.2, 0.25) is 0 Å². The molecule has 0 saturated heterocycles. The van der Waals surface area contributed by atoms with Gasteiger partial charge in [0.05, 0.1) is 0 Å². The number of halogens is 2. The number of fused-ring (bicyclic) bond motifs is 2. The van der Waals surface area contributed by atoms with Crippen LogP contribution in [0.5, 0.6) is 0 Å². The minimum absolute atomic E-state index is 0. The summed E-state index contributed by atoms with van der Waals surface area (Å²) < 4.78 is 0. The Balaban J connectivity index is 0.000000466. The molecule has 0 fully saturated rings. The number of aryl methyl sites for hydroxylation is 2. The summed E-state index contributed by atoms with van der Waals surface area (Å²) in [6, 6.07) is 51.0. The van der Waals surface area contributed by atoms with E-state index in [1.165, 1.54) is 134 Å². The molecule has 0 spiro atoms. The van der Waals surface area contributed by atoms with Gasteiger partial charge in [0.2, 0.25) is 0 Å². The molecule has 0 amide bonds. The first-order valence-corrected chi connectivity index (χ1v) is 29.7. The predicted molar refractivity (Wildman–Crippen MR) is 336 cm³/mol. The van der Waals surface area contributed by atoms with Gasteiger partial charge in [-0.2, -0.15) is 11.1 Å². The Morgan fingerprint density at radius 2 is 0.486 bits per heavy atom. The molecule has 0 atom stereocenters. The third-order valence-electron chi connectivity index (χ3n) is 14.5. The standard InChI is InChI=1S/2C34H41.2CH3.2ClH.Si.Zr/c2*1-22-30(34(8,9)10)21-29-27(23-11-15-25(16-12-23)32(2,3)4)19-20-28(31(22)29)24-13-17-26(18-14-24)33(5,6)7;;;;;;/h2*11-21H,1-10H3;2*1H3;2*1H;;/q4*-1;;;;. The van der Waals surface area contributed by atoms with Gasteiger partial charge < -0.3 is 14.9 Å². The summed E-state index contributed by atoms with van der Waals surface area (Å²) in [5.74, 6) is 0. The summed E-state index contributed by atoms with van der Waals surface area (Å²) in [7, 11) is 0. The molecule has 0 aromatic heterocycles. The van der Waals surface area contributed by atoms with Gasteiger partial charge in [0, 0.05) is 0 Å². The zero-order valence-electron chi connectivity index (χ0n) is 49.5. The summed E-state index contributed by atoms with van der Waals surface area (Å²) in [5, 5.41) is 5.52. The van der Waals surface area contributed by atoms with Gasteiger partial charge in [-0.15, -0.1) is 69.6 Å². The Hall–Kier alpha value is -3.78. The van der Waals surface area contributed by atoms with Gasteiger partial charge in [0.15, 0.2) is 0 Å². The van der Waals surface area contributed by atoms with Crippen LogP contribution in [0.3, 0.4) is 0 Å². The van der Waals surface area contributed by atoms with Crippen LogP contribution in [-0.4, -0.2) is 6.88 Å². The normalized spacial score (nSPS) is 12.0. The van der Waals surface area contributed by atoms with Crippen molar-refractivity contribution in [3.05, 3.63) is 193 Å². The van der Waals surface area contributed by atoms with Crippen LogP contribution in [0, 0.1) is 28.7 Å². The van der Waals surface area contributed by atoms with Crippen molar-refractivity contribution in [1.82, 2.24) is 0 Å². The molecule has 4 heteroatoms. The summed E-state index contributed by atoms with van der Waals surface area (Å²) >= 11 is 1.36. The van der Waals surface area contributed by atoms with Gasteiger partial charge in [-0.1, -0.05) is 293 Å². The van der Waals surface area contributed by atoms with E-state index in [-0.39, 0.29) is 72.2 Å². The Labute approximate surface area is 481 Å². The Morgan fingerprint density at radius 1 is 0.297 bits per heavy atom. The van der Waals surface area contributed by atoms with Crippen LogP contribution in [0.4, 0.5) is 0 Å². The molecule has 8 aromatic carbocycles. The van der Waals surface area contributed by atoms with E-state index in [4.69, 9.17) is 0 Å². The van der Waals surface area contributed by atoms with Crippen molar-refractivity contribution in [2.24, 2.45) is 0 Å². The molecule has 0 unspecified atom stereocenters. The first kappa shape index (κ1) is 66.3. The Bertz CT molecular complexity index is 2870. The summed E-state index contributed by atoms with van der Waals surface area (Å²) in [6.45, 7) is 48.9. The molecule has 0 nitrogen and oxygen atoms in total. The zero-order valence-corrected chi connectivity index (χ0v) is 54.6. The van der Waals surface area contributed by atoms with Crippen LogP contribution in [-0.2, 0) is 55.8 Å². The second kappa shape index (κ2) is 24.7. The molecular formula is C70H90Cl2SiZr-4. The molecular weight excluding hydrogens is 1030 g/mol. The first-order valence-electron chi connectivity index (χ1n) is 25.5. The predicted octanol–water partition coefficient (Wildman–Crippen LogP) is 21.5. The second-order valence-electron chi connectivity index (χ2n) is 26.1. The molecule has 0 bridgehead atoms. The topological polar surface area (TPSA) is 0 Å². The fraction of sp³-hybridized carbons (Fsp3) is 0.371. The molecule has 0 N–H and O–H groups in total. The number of rotatable bonds is 4. The van der Waals surface area contributed by atoms with Crippen molar-refractivity contribution < 1.29 is 23.3 Å². The molecule has 0 saturated carbocycles. The van der Waals surface area contributed by atoms with Crippen LogP contribution < -0.4 is 0 Å². The van der Waals surface area contributed by atoms with E-state index < -0.39 is 0 Å². The number of hydrogen-bond donors (Lipinski definition) is 0. The van der Waals surface area contributed by atoms with E-state index in [2.05, 4.69) is 279 Å². The average molecular weight is 1120 g/mol. The molecule has 396 valence electrons. The Kier molecular flexibility index (Phi) is 22.1. The van der Waals surface area contributed by atoms with Gasteiger partial charge in [0.25, 0.3) is 0 Å². The SMILES string of the molecule is Cc1c(C(C)(C)C)[cH-]c2c(-c3ccc(C(C)(C)C)cc3)ccc(-c3ccc(C(C)(C)C)cc3)c12.Cc1c(C(C)(C)C)[cH-]c2c(-c3ccc(C(C)(C)C)cc3)ccc(-c3ccc(C(C)(C)C)cc3)c12.Cl.Cl.[CH3-].[CH3-].[Si]=[Zr]. The number of hydrogen-bond acceptors (Lipinski definition) is 0. The maximum absolute atomic E-state index is 3.06. The van der Waals surface area contributed by atoms with Gasteiger partial charge in [-0.3, -0.25) is 0 Å². The summed E-state index contributed by atoms with van der Waals surface area (Å²) in [4.78, 5) is 0. The van der Waals surface area contributed by atoms with Crippen molar-refractivity contribution in [3.63, 3.8) is 0 Å². The van der Waals surface area contributed by atoms with Crippen molar-refractivity contribution in [3.8, 4) is 44.5 Å². The fourth-order valence-electron chi connectivity index (χ4n) is 10.3. The molecule has 0 heterocycles. The summed E-state index contributed by atoms with van der Waals surface area (Å²) in [6.07, 6.45) is 0. The third kappa shape index (κ3) is 14.4. The molecule has 0 aliphatic rings. The summed E-state index contributed by atoms with van der Waals surface area (Å²) in [5.41, 5.74) is 22.5. The Morgan fingerprint density at radius 3 is 0.676 bits per heavy atom. The van der Waals surface area contributed by atoms with Crippen LogP contribution >= 0.6 is 24.8 Å². The van der Waals surface area contributed by atoms with Crippen LogP contribution in [0.25, 0.3) is 66.1 Å². The van der Waals surface area contributed by atoms with Crippen molar-refractivity contribution >= 4 is 53.2 Å². The minimum atomic E-state index is 0. The molecule has 0 aliphatic carbocycles.